The monoisotopic (exact) mass is 335 g/mol. The number of fused-ring (bicyclic) bond motifs is 1. The molecule has 0 unspecified atom stereocenters. The highest BCUT2D eigenvalue weighted by Crippen LogP contribution is 2.37. The summed E-state index contributed by atoms with van der Waals surface area (Å²) >= 11 is 7.23. The van der Waals surface area contributed by atoms with Gasteiger partial charge in [0.2, 0.25) is 0 Å². The van der Waals surface area contributed by atoms with Crippen molar-refractivity contribution >= 4 is 28.1 Å². The van der Waals surface area contributed by atoms with E-state index in [2.05, 4.69) is 15.3 Å². The summed E-state index contributed by atoms with van der Waals surface area (Å²) in [7, 11) is 3.26. The third-order valence-electron chi connectivity index (χ3n) is 3.75. The van der Waals surface area contributed by atoms with Gasteiger partial charge < -0.3 is 14.4 Å². The lowest BCUT2D eigenvalue weighted by molar-refractivity contribution is 0.353. The van der Waals surface area contributed by atoms with Crippen molar-refractivity contribution in [2.24, 2.45) is 0 Å². The fourth-order valence-corrected chi connectivity index (χ4v) is 3.68. The van der Waals surface area contributed by atoms with Crippen LogP contribution in [-0.4, -0.2) is 25.1 Å². The highest BCUT2D eigenvalue weighted by molar-refractivity contribution is 7.10. The third kappa shape index (κ3) is 2.47. The molecule has 0 fully saturated rings. The van der Waals surface area contributed by atoms with Gasteiger partial charge in [-0.1, -0.05) is 11.6 Å². The van der Waals surface area contributed by atoms with Crippen LogP contribution in [0.4, 0.5) is 5.00 Å². The lowest BCUT2D eigenvalue weighted by Crippen LogP contribution is -2.30. The Morgan fingerprint density at radius 3 is 2.59 bits per heavy atom. The zero-order chi connectivity index (χ0) is 15.7. The SMILES string of the molecule is COc1cc2c(cc1OC)CN(c1snc(Cl)c1C#N)CC2. The fraction of sp³-hybridized carbons (Fsp3) is 0.333. The van der Waals surface area contributed by atoms with Gasteiger partial charge in [-0.2, -0.15) is 9.64 Å². The van der Waals surface area contributed by atoms with E-state index in [4.69, 9.17) is 21.1 Å². The van der Waals surface area contributed by atoms with E-state index in [0.717, 1.165) is 29.3 Å². The van der Waals surface area contributed by atoms with Crippen molar-refractivity contribution in [1.29, 1.82) is 5.26 Å². The number of rotatable bonds is 3. The molecule has 7 heteroatoms. The Morgan fingerprint density at radius 2 is 1.95 bits per heavy atom. The maximum atomic E-state index is 9.23. The molecule has 0 saturated heterocycles. The van der Waals surface area contributed by atoms with Crippen LogP contribution in [0.5, 0.6) is 11.5 Å². The molecule has 5 nitrogen and oxygen atoms in total. The second-order valence-corrected chi connectivity index (χ2v) is 6.02. The average molecular weight is 336 g/mol. The molecule has 2 heterocycles. The summed E-state index contributed by atoms with van der Waals surface area (Å²) in [6, 6.07) is 6.15. The first-order valence-corrected chi connectivity index (χ1v) is 7.87. The summed E-state index contributed by atoms with van der Waals surface area (Å²) in [5, 5.41) is 10.3. The van der Waals surface area contributed by atoms with E-state index in [1.807, 2.05) is 12.1 Å². The second-order valence-electron chi connectivity index (χ2n) is 4.91. The highest BCUT2D eigenvalue weighted by Gasteiger charge is 2.24. The van der Waals surface area contributed by atoms with Crippen molar-refractivity contribution < 1.29 is 9.47 Å². The van der Waals surface area contributed by atoms with Gasteiger partial charge in [-0.15, -0.1) is 0 Å². The molecule has 0 amide bonds. The second kappa shape index (κ2) is 6.03. The van der Waals surface area contributed by atoms with E-state index >= 15 is 0 Å². The van der Waals surface area contributed by atoms with Crippen LogP contribution >= 0.6 is 23.1 Å². The lowest BCUT2D eigenvalue weighted by atomic mass is 9.99. The Morgan fingerprint density at radius 1 is 1.27 bits per heavy atom. The molecule has 1 aromatic heterocycles. The molecule has 114 valence electrons. The van der Waals surface area contributed by atoms with E-state index in [1.165, 1.54) is 17.1 Å². The normalized spacial score (nSPS) is 13.5. The number of nitrogens with zero attached hydrogens (tertiary/aromatic N) is 3. The van der Waals surface area contributed by atoms with Crippen molar-refractivity contribution in [2.75, 3.05) is 25.7 Å². The number of hydrogen-bond donors (Lipinski definition) is 0. The summed E-state index contributed by atoms with van der Waals surface area (Å²) in [6.45, 7) is 1.51. The van der Waals surface area contributed by atoms with E-state index < -0.39 is 0 Å². The van der Waals surface area contributed by atoms with Crippen LogP contribution in [0.3, 0.4) is 0 Å². The standard InChI is InChI=1S/C15H14ClN3O2S/c1-20-12-5-9-3-4-19(8-10(9)6-13(12)21-2)15-11(7-17)14(16)18-22-15/h5-6H,3-4,8H2,1-2H3. The molecule has 1 aromatic carbocycles. The van der Waals surface area contributed by atoms with Gasteiger partial charge in [0.15, 0.2) is 16.7 Å². The zero-order valence-electron chi connectivity index (χ0n) is 12.2. The van der Waals surface area contributed by atoms with Crippen molar-refractivity contribution in [3.05, 3.63) is 34.0 Å². The average Bonchev–Trinajstić information content (AvgIpc) is 2.93. The molecule has 22 heavy (non-hydrogen) atoms. The Kier molecular flexibility index (Phi) is 4.10. The maximum Gasteiger partial charge on any atom is 0.162 e. The van der Waals surface area contributed by atoms with Crippen molar-refractivity contribution in [3.8, 4) is 17.6 Å². The minimum Gasteiger partial charge on any atom is -0.493 e. The number of anilines is 1. The van der Waals surface area contributed by atoms with Crippen LogP contribution in [0, 0.1) is 11.3 Å². The van der Waals surface area contributed by atoms with Crippen molar-refractivity contribution in [1.82, 2.24) is 4.37 Å². The summed E-state index contributed by atoms with van der Waals surface area (Å²) in [4.78, 5) is 2.14. The fourth-order valence-electron chi connectivity index (χ4n) is 2.63. The lowest BCUT2D eigenvalue weighted by Gasteiger charge is -2.30. The largest absolute Gasteiger partial charge is 0.493 e. The highest BCUT2D eigenvalue weighted by atomic mass is 35.5. The predicted molar refractivity (Wildman–Crippen MR) is 86.1 cm³/mol. The molecule has 0 spiro atoms. The molecule has 3 rings (SSSR count). The molecule has 1 aliphatic heterocycles. The van der Waals surface area contributed by atoms with Crippen molar-refractivity contribution in [3.63, 3.8) is 0 Å². The number of ether oxygens (including phenoxy) is 2. The Hall–Kier alpha value is -1.97. The maximum absolute atomic E-state index is 9.23. The van der Waals surface area contributed by atoms with Gasteiger partial charge >= 0.3 is 0 Å². The summed E-state index contributed by atoms with van der Waals surface area (Å²) < 4.78 is 14.8. The van der Waals surface area contributed by atoms with Gasteiger partial charge in [0.25, 0.3) is 0 Å². The minimum absolute atomic E-state index is 0.278. The molecule has 0 atom stereocenters. The molecule has 0 radical (unpaired) electrons. The van der Waals surface area contributed by atoms with Crippen LogP contribution in [0.15, 0.2) is 12.1 Å². The molecule has 0 saturated carbocycles. The third-order valence-corrected chi connectivity index (χ3v) is 5.03. The number of nitriles is 1. The number of methoxy groups -OCH3 is 2. The molecule has 0 aliphatic carbocycles. The van der Waals surface area contributed by atoms with Crippen molar-refractivity contribution in [2.45, 2.75) is 13.0 Å². The van der Waals surface area contributed by atoms with Crippen LogP contribution in [0.1, 0.15) is 16.7 Å². The summed E-state index contributed by atoms with van der Waals surface area (Å²) in [6.07, 6.45) is 0.871. The van der Waals surface area contributed by atoms with Gasteiger partial charge in [0.1, 0.15) is 16.6 Å². The number of benzene rings is 1. The molecule has 0 bridgehead atoms. The summed E-state index contributed by atoms with van der Waals surface area (Å²) in [5.41, 5.74) is 2.86. The van der Waals surface area contributed by atoms with Crippen LogP contribution < -0.4 is 14.4 Å². The molecular weight excluding hydrogens is 322 g/mol. The Balaban J connectivity index is 1.95. The van der Waals surface area contributed by atoms with Gasteiger partial charge in [-0.05, 0) is 41.2 Å². The van der Waals surface area contributed by atoms with Gasteiger partial charge in [-0.25, -0.2) is 0 Å². The van der Waals surface area contributed by atoms with E-state index in [-0.39, 0.29) is 5.15 Å². The smallest absolute Gasteiger partial charge is 0.162 e. The number of aromatic nitrogens is 1. The van der Waals surface area contributed by atoms with Gasteiger partial charge in [0, 0.05) is 13.1 Å². The van der Waals surface area contributed by atoms with E-state index in [9.17, 15) is 5.26 Å². The van der Waals surface area contributed by atoms with Crippen LogP contribution in [-0.2, 0) is 13.0 Å². The zero-order valence-corrected chi connectivity index (χ0v) is 13.8. The van der Waals surface area contributed by atoms with E-state index in [1.54, 1.807) is 14.2 Å². The predicted octanol–water partition coefficient (Wildman–Crippen LogP) is 3.25. The molecular formula is C15H14ClN3O2S. The molecule has 2 aromatic rings. The van der Waals surface area contributed by atoms with E-state index in [0.29, 0.717) is 17.9 Å². The number of hydrogen-bond acceptors (Lipinski definition) is 6. The Labute approximate surface area is 137 Å². The summed E-state index contributed by atoms with van der Waals surface area (Å²) in [5.74, 6) is 1.46. The van der Waals surface area contributed by atoms with Crippen LogP contribution in [0.2, 0.25) is 5.15 Å². The molecule has 0 N–H and O–H groups in total. The molecule has 1 aliphatic rings. The quantitative estimate of drug-likeness (QED) is 0.861. The first-order valence-electron chi connectivity index (χ1n) is 6.72. The number of halogens is 1. The van der Waals surface area contributed by atoms with Gasteiger partial charge in [0.05, 0.1) is 14.2 Å². The minimum atomic E-state index is 0.278. The first-order chi connectivity index (χ1) is 10.7. The van der Waals surface area contributed by atoms with Gasteiger partial charge in [-0.3, -0.25) is 0 Å². The first kappa shape index (κ1) is 14.9. The Bertz CT molecular complexity index is 754. The topological polar surface area (TPSA) is 58.4 Å². The van der Waals surface area contributed by atoms with Crippen LogP contribution in [0.25, 0.3) is 0 Å².